The summed E-state index contributed by atoms with van der Waals surface area (Å²) in [6.45, 7) is 0. The number of rotatable bonds is 5. The van der Waals surface area contributed by atoms with Crippen LogP contribution in [0.3, 0.4) is 0 Å². The Bertz CT molecular complexity index is 2960. The van der Waals surface area contributed by atoms with Gasteiger partial charge < -0.3 is 9.31 Å². The summed E-state index contributed by atoms with van der Waals surface area (Å²) in [5, 5.41) is -6.36. The molecule has 0 amide bonds. The first-order valence-corrected chi connectivity index (χ1v) is 15.1. The van der Waals surface area contributed by atoms with E-state index in [-0.39, 0.29) is 5.39 Å². The van der Waals surface area contributed by atoms with Crippen LogP contribution in [0.2, 0.25) is 0 Å². The van der Waals surface area contributed by atoms with Gasteiger partial charge in [-0.25, -0.2) is 61.5 Å². The molecule has 0 heterocycles. The third-order valence-electron chi connectivity index (χ3n) is 9.24. The Morgan fingerprint density at radius 1 is 0.368 bits per heavy atom. The lowest BCUT2D eigenvalue weighted by molar-refractivity contribution is 0.0404. The van der Waals surface area contributed by atoms with Crippen molar-refractivity contribution in [1.82, 2.24) is 0 Å². The quantitative estimate of drug-likeness (QED) is 0.0566. The monoisotopic (exact) mass is 828 g/mol. The van der Waals surface area contributed by atoms with Crippen LogP contribution in [0.5, 0.6) is 11.5 Å². The Kier molecular flexibility index (Phi) is 8.10. The first-order chi connectivity index (χ1) is 26.7. The summed E-state index contributed by atoms with van der Waals surface area (Å²) < 4.78 is 296. The van der Waals surface area contributed by atoms with Gasteiger partial charge in [-0.15, -0.1) is 0 Å². The van der Waals surface area contributed by atoms with Crippen LogP contribution in [-0.4, -0.2) is 7.12 Å². The molecule has 7 aromatic carbocycles. The summed E-state index contributed by atoms with van der Waals surface area (Å²) in [7, 11) is -3.78. The third kappa shape index (κ3) is 4.71. The van der Waals surface area contributed by atoms with Gasteiger partial charge in [0.15, 0.2) is 69.7 Å². The van der Waals surface area contributed by atoms with Crippen LogP contribution in [0.25, 0.3) is 43.4 Å². The van der Waals surface area contributed by atoms with Crippen molar-refractivity contribution in [2.45, 2.75) is 5.92 Å². The van der Waals surface area contributed by atoms with Gasteiger partial charge in [0.25, 0.3) is 0 Å². The molecule has 1 aliphatic carbocycles. The first kappa shape index (κ1) is 37.8. The predicted octanol–water partition coefficient (Wildman–Crippen LogP) is 10.9. The first-order valence-electron chi connectivity index (χ1n) is 15.1. The Labute approximate surface area is 300 Å². The predicted molar refractivity (Wildman–Crippen MR) is 157 cm³/mol. The van der Waals surface area contributed by atoms with Gasteiger partial charge in [0.05, 0.1) is 27.4 Å². The average Bonchev–Trinajstić information content (AvgIpc) is 3.43. The van der Waals surface area contributed by atoms with E-state index in [2.05, 4.69) is 4.65 Å². The van der Waals surface area contributed by atoms with Gasteiger partial charge in [-0.05, 0) is 16.8 Å². The molecular weight excluding hydrogens is 824 g/mol. The fraction of sp³-hybridized carbons (Fsp3) is 0.0286. The van der Waals surface area contributed by atoms with E-state index >= 15 is 48.3 Å². The van der Waals surface area contributed by atoms with E-state index < -0.39 is 178 Å². The van der Waals surface area contributed by atoms with Gasteiger partial charge in [0, 0.05) is 21.9 Å². The number of alkyl halides is 2. The van der Waals surface area contributed by atoms with Crippen molar-refractivity contribution < 1.29 is 92.7 Å². The zero-order valence-electron chi connectivity index (χ0n) is 26.4. The standard InChI is InChI=1S/C35H4BF19O2/c37-7-4-2-5-1-3-6-9-8(5)10(7)17(38)20(41)13(9)21(42)23(44)16(6)36(57-34-31(52)28(49)27(48)29(50)32(34)53)56-33-15-12(19(40)25(46)30(33)51)11-14(35(15,54)55)22(43)26(47)24(45)18(11)39/h1-4H. The van der Waals surface area contributed by atoms with E-state index in [1.807, 2.05) is 0 Å². The molecule has 0 saturated carbocycles. The molecule has 57 heavy (non-hydrogen) atoms. The topological polar surface area (TPSA) is 18.5 Å². The molecule has 22 heteroatoms. The second-order valence-electron chi connectivity index (χ2n) is 12.1. The molecule has 0 aromatic heterocycles. The maximum atomic E-state index is 16.3. The lowest BCUT2D eigenvalue weighted by Crippen LogP contribution is -2.46. The van der Waals surface area contributed by atoms with Crippen LogP contribution < -0.4 is 14.8 Å². The van der Waals surface area contributed by atoms with Gasteiger partial charge in [0.2, 0.25) is 34.9 Å². The number of hydrogen-bond donors (Lipinski definition) is 0. The molecule has 0 atom stereocenters. The molecule has 0 spiro atoms. The Balaban J connectivity index is 1.50. The summed E-state index contributed by atoms with van der Waals surface area (Å²) in [6.07, 6.45) is 0. The highest BCUT2D eigenvalue weighted by Crippen LogP contribution is 2.58. The summed E-state index contributed by atoms with van der Waals surface area (Å²) in [6, 6.07) is 2.82. The van der Waals surface area contributed by atoms with E-state index in [1.165, 1.54) is 0 Å². The molecule has 0 radical (unpaired) electrons. The van der Waals surface area contributed by atoms with Crippen molar-refractivity contribution in [3.63, 3.8) is 0 Å². The lowest BCUT2D eigenvalue weighted by Gasteiger charge is -2.24. The van der Waals surface area contributed by atoms with E-state index in [9.17, 15) is 35.1 Å². The Morgan fingerprint density at radius 3 is 1.42 bits per heavy atom. The van der Waals surface area contributed by atoms with Crippen molar-refractivity contribution in [3.8, 4) is 22.6 Å². The maximum absolute atomic E-state index is 16.3. The summed E-state index contributed by atoms with van der Waals surface area (Å²) >= 11 is 0. The highest BCUT2D eigenvalue weighted by atomic mass is 19.3. The molecule has 0 aliphatic heterocycles. The largest absolute Gasteiger partial charge is 0.636 e. The minimum absolute atomic E-state index is 0.302. The summed E-state index contributed by atoms with van der Waals surface area (Å²) in [4.78, 5) is 0. The molecule has 0 N–H and O–H groups in total. The normalized spacial score (nSPS) is 13.3. The average molecular weight is 828 g/mol. The van der Waals surface area contributed by atoms with Gasteiger partial charge in [-0.1, -0.05) is 18.2 Å². The molecule has 7 aromatic rings. The van der Waals surface area contributed by atoms with Crippen LogP contribution in [0.4, 0.5) is 83.4 Å². The van der Waals surface area contributed by atoms with Crippen molar-refractivity contribution in [2.24, 2.45) is 0 Å². The molecule has 292 valence electrons. The number of halogens is 19. The smallest absolute Gasteiger partial charge is 0.519 e. The molecule has 1 aliphatic rings. The zero-order valence-corrected chi connectivity index (χ0v) is 26.4. The fourth-order valence-corrected chi connectivity index (χ4v) is 6.82. The highest BCUT2D eigenvalue weighted by molar-refractivity contribution is 6.66. The van der Waals surface area contributed by atoms with Crippen molar-refractivity contribution in [1.29, 1.82) is 0 Å². The van der Waals surface area contributed by atoms with Crippen molar-refractivity contribution in [2.75, 3.05) is 0 Å². The fourth-order valence-electron chi connectivity index (χ4n) is 6.82. The molecule has 8 rings (SSSR count). The van der Waals surface area contributed by atoms with Crippen LogP contribution in [0.15, 0.2) is 24.3 Å². The number of hydrogen-bond acceptors (Lipinski definition) is 2. The summed E-state index contributed by atoms with van der Waals surface area (Å²) in [5.41, 5.74) is -11.8. The minimum Gasteiger partial charge on any atom is -0.519 e. The zero-order chi connectivity index (χ0) is 41.6. The summed E-state index contributed by atoms with van der Waals surface area (Å²) in [5.74, 6) is -57.2. The van der Waals surface area contributed by atoms with E-state index in [0.717, 1.165) is 12.1 Å². The number of fused-ring (bicyclic) bond motifs is 3. The maximum Gasteiger partial charge on any atom is 0.636 e. The minimum atomic E-state index is -5.57. The second-order valence-corrected chi connectivity index (χ2v) is 12.1. The van der Waals surface area contributed by atoms with Crippen molar-refractivity contribution in [3.05, 3.63) is 134 Å². The van der Waals surface area contributed by atoms with E-state index in [4.69, 9.17) is 4.65 Å². The van der Waals surface area contributed by atoms with Crippen LogP contribution in [0, 0.1) is 98.9 Å². The van der Waals surface area contributed by atoms with Gasteiger partial charge in [-0.3, -0.25) is 0 Å². The van der Waals surface area contributed by atoms with E-state index in [0.29, 0.717) is 12.1 Å². The Hall–Kier alpha value is -6.09. The Morgan fingerprint density at radius 2 is 0.807 bits per heavy atom. The second kappa shape index (κ2) is 12.2. The van der Waals surface area contributed by atoms with Crippen LogP contribution in [-0.2, 0) is 5.92 Å². The van der Waals surface area contributed by atoms with E-state index in [1.54, 1.807) is 0 Å². The van der Waals surface area contributed by atoms with Gasteiger partial charge >= 0.3 is 13.0 Å². The van der Waals surface area contributed by atoms with Crippen molar-refractivity contribution >= 4 is 44.9 Å². The number of benzene rings is 7. The lowest BCUT2D eigenvalue weighted by atomic mass is 9.73. The third-order valence-corrected chi connectivity index (χ3v) is 9.24. The molecule has 2 nitrogen and oxygen atoms in total. The van der Waals surface area contributed by atoms with Crippen LogP contribution in [0.1, 0.15) is 11.1 Å². The van der Waals surface area contributed by atoms with Gasteiger partial charge in [0.1, 0.15) is 5.82 Å². The molecular formula is C35H4BF19O2. The highest BCUT2D eigenvalue weighted by Gasteiger charge is 2.56. The SMILES string of the molecule is Fc1c(F)c(F)c(OB(Oc2c(F)c(F)c(F)c3c2C(F)(F)c2c(F)c(F)c(F)c(F)c2-3)c2c(F)c(F)c3c(F)c(F)c4c(F)ccc5ccc2c3c54)c(F)c1F. The molecule has 0 unspecified atom stereocenters. The van der Waals surface area contributed by atoms with Gasteiger partial charge in [-0.2, -0.15) is 22.0 Å². The molecule has 0 fully saturated rings. The molecule has 0 saturated heterocycles. The van der Waals surface area contributed by atoms with Crippen LogP contribution >= 0.6 is 0 Å². The molecule has 0 bridgehead atoms.